The van der Waals surface area contributed by atoms with Gasteiger partial charge in [0.05, 0.1) is 33.4 Å². The molecule has 14 heteroatoms. The summed E-state index contributed by atoms with van der Waals surface area (Å²) in [7, 11) is 4.08. The topological polar surface area (TPSA) is 176 Å². The first kappa shape index (κ1) is 40.3. The van der Waals surface area contributed by atoms with E-state index in [9.17, 15) is 24.0 Å². The molecule has 0 saturated heterocycles. The van der Waals surface area contributed by atoms with Gasteiger partial charge in [-0.3, -0.25) is 19.8 Å². The van der Waals surface area contributed by atoms with Crippen LogP contribution in [0, 0.1) is 17.8 Å². The third-order valence-corrected chi connectivity index (χ3v) is 8.37. The lowest BCUT2D eigenvalue weighted by Crippen LogP contribution is -2.60. The van der Waals surface area contributed by atoms with E-state index in [4.69, 9.17) is 14.2 Å². The quantitative estimate of drug-likeness (QED) is 0.0883. The number of benzene rings is 1. The van der Waals surface area contributed by atoms with Gasteiger partial charge in [0, 0.05) is 6.54 Å². The fourth-order valence-electron chi connectivity index (χ4n) is 5.75. The molecular weight excluding hydrogens is 620 g/mol. The highest BCUT2D eigenvalue weighted by Crippen LogP contribution is 2.25. The Bertz CT molecular complexity index is 1160. The summed E-state index contributed by atoms with van der Waals surface area (Å²) in [5.74, 6) is -1.74. The number of hydrogen-bond acceptors (Lipinski definition) is 10. The SMILES string of the molecule is CNCC(=O)OC(CN(CC1CCCCC1)NC(=O)C(NC(=O)OC)C(C)C)C(Cc1ccccc1)NC(=O)C(NC(=O)OC)C(C)C. The molecule has 48 heavy (non-hydrogen) atoms. The number of methoxy groups -OCH3 is 2. The van der Waals surface area contributed by atoms with Crippen LogP contribution in [0.4, 0.5) is 9.59 Å². The van der Waals surface area contributed by atoms with Crippen molar-refractivity contribution in [1.82, 2.24) is 31.7 Å². The summed E-state index contributed by atoms with van der Waals surface area (Å²) >= 11 is 0. The number of nitrogens with zero attached hydrogens (tertiary/aromatic N) is 1. The molecule has 1 aliphatic carbocycles. The maximum Gasteiger partial charge on any atom is 0.407 e. The molecule has 4 unspecified atom stereocenters. The Kier molecular flexibility index (Phi) is 17.7. The number of carbonyl (C=O) groups is 5. The molecule has 4 amide bonds. The average Bonchev–Trinajstić information content (AvgIpc) is 3.05. The maximum absolute atomic E-state index is 13.8. The molecule has 1 aromatic carbocycles. The summed E-state index contributed by atoms with van der Waals surface area (Å²) in [6.45, 7) is 7.65. The van der Waals surface area contributed by atoms with E-state index in [1.165, 1.54) is 14.2 Å². The van der Waals surface area contributed by atoms with Gasteiger partial charge in [0.15, 0.2) is 0 Å². The zero-order chi connectivity index (χ0) is 35.6. The zero-order valence-electron chi connectivity index (χ0n) is 29.5. The van der Waals surface area contributed by atoms with Gasteiger partial charge in [0.25, 0.3) is 5.91 Å². The number of likely N-dealkylation sites (N-methyl/N-ethyl adjacent to an activating group) is 1. The molecule has 0 radical (unpaired) electrons. The molecule has 0 aromatic heterocycles. The summed E-state index contributed by atoms with van der Waals surface area (Å²) < 4.78 is 15.5. The Balaban J connectivity index is 2.52. The highest BCUT2D eigenvalue weighted by Gasteiger charge is 2.35. The number of hydrazine groups is 1. The Morgan fingerprint density at radius 2 is 1.38 bits per heavy atom. The van der Waals surface area contributed by atoms with Gasteiger partial charge < -0.3 is 35.5 Å². The van der Waals surface area contributed by atoms with Gasteiger partial charge in [-0.05, 0) is 49.6 Å². The maximum atomic E-state index is 13.8. The Hall–Kier alpha value is -3.91. The van der Waals surface area contributed by atoms with Crippen LogP contribution in [0.1, 0.15) is 65.4 Å². The number of hydrogen-bond donors (Lipinski definition) is 5. The van der Waals surface area contributed by atoms with E-state index in [1.807, 2.05) is 44.2 Å². The predicted octanol–water partition coefficient (Wildman–Crippen LogP) is 2.52. The van der Waals surface area contributed by atoms with Gasteiger partial charge in [0.1, 0.15) is 18.2 Å². The minimum absolute atomic E-state index is 0.0370. The van der Waals surface area contributed by atoms with Crippen LogP contribution in [0.15, 0.2) is 30.3 Å². The van der Waals surface area contributed by atoms with Crippen molar-refractivity contribution >= 4 is 30.0 Å². The molecule has 2 rings (SSSR count). The molecular formula is C34H56N6O8. The van der Waals surface area contributed by atoms with Crippen molar-refractivity contribution in [2.24, 2.45) is 17.8 Å². The molecule has 1 fully saturated rings. The summed E-state index contributed by atoms with van der Waals surface area (Å²) in [6, 6.07) is 6.86. The summed E-state index contributed by atoms with van der Waals surface area (Å²) in [4.78, 5) is 64.7. The van der Waals surface area contributed by atoms with Crippen LogP contribution < -0.4 is 26.7 Å². The van der Waals surface area contributed by atoms with Gasteiger partial charge in [-0.15, -0.1) is 0 Å². The van der Waals surface area contributed by atoms with E-state index in [0.29, 0.717) is 6.54 Å². The third-order valence-electron chi connectivity index (χ3n) is 8.37. The fourth-order valence-corrected chi connectivity index (χ4v) is 5.75. The second-order valence-corrected chi connectivity index (χ2v) is 13.0. The number of amides is 4. The molecule has 1 saturated carbocycles. The van der Waals surface area contributed by atoms with Crippen LogP contribution in [0.2, 0.25) is 0 Å². The van der Waals surface area contributed by atoms with Gasteiger partial charge in [-0.2, -0.15) is 0 Å². The number of rotatable bonds is 18. The number of esters is 1. The Morgan fingerprint density at radius 1 is 0.812 bits per heavy atom. The molecule has 1 aromatic rings. The van der Waals surface area contributed by atoms with Gasteiger partial charge in [0.2, 0.25) is 5.91 Å². The first-order chi connectivity index (χ1) is 22.9. The minimum Gasteiger partial charge on any atom is -0.458 e. The van der Waals surface area contributed by atoms with Crippen molar-refractivity contribution in [3.05, 3.63) is 35.9 Å². The number of alkyl carbamates (subject to hydrolysis) is 2. The second-order valence-electron chi connectivity index (χ2n) is 13.0. The first-order valence-corrected chi connectivity index (χ1v) is 16.8. The number of nitrogens with one attached hydrogen (secondary N) is 5. The normalized spacial score (nSPS) is 16.0. The van der Waals surface area contributed by atoms with Gasteiger partial charge in [-0.1, -0.05) is 77.3 Å². The van der Waals surface area contributed by atoms with E-state index in [2.05, 4.69) is 26.7 Å². The third kappa shape index (κ3) is 14.1. The van der Waals surface area contributed by atoms with Gasteiger partial charge >= 0.3 is 18.2 Å². The molecule has 0 heterocycles. The molecule has 5 N–H and O–H groups in total. The van der Waals surface area contributed by atoms with Crippen LogP contribution in [0.25, 0.3) is 0 Å². The molecule has 14 nitrogen and oxygen atoms in total. The highest BCUT2D eigenvalue weighted by molar-refractivity contribution is 5.86. The first-order valence-electron chi connectivity index (χ1n) is 16.8. The van der Waals surface area contributed by atoms with E-state index >= 15 is 0 Å². The van der Waals surface area contributed by atoms with E-state index in [-0.39, 0.29) is 37.3 Å². The van der Waals surface area contributed by atoms with Crippen molar-refractivity contribution in [2.45, 2.75) is 90.4 Å². The largest absolute Gasteiger partial charge is 0.458 e. The molecule has 0 aliphatic heterocycles. The summed E-state index contributed by atoms with van der Waals surface area (Å²) in [6.07, 6.45) is 3.12. The van der Waals surface area contributed by atoms with Crippen molar-refractivity contribution in [2.75, 3.05) is 40.9 Å². The van der Waals surface area contributed by atoms with Gasteiger partial charge in [-0.25, -0.2) is 14.6 Å². The van der Waals surface area contributed by atoms with Crippen molar-refractivity contribution in [3.63, 3.8) is 0 Å². The lowest BCUT2D eigenvalue weighted by atomic mass is 9.89. The smallest absolute Gasteiger partial charge is 0.407 e. The summed E-state index contributed by atoms with van der Waals surface area (Å²) in [5, 5.41) is 12.8. The molecule has 270 valence electrons. The Morgan fingerprint density at radius 3 is 1.90 bits per heavy atom. The van der Waals surface area contributed by atoms with Crippen molar-refractivity contribution in [1.29, 1.82) is 0 Å². The lowest BCUT2D eigenvalue weighted by molar-refractivity contribution is -0.152. The predicted molar refractivity (Wildman–Crippen MR) is 181 cm³/mol. The zero-order valence-corrected chi connectivity index (χ0v) is 29.5. The monoisotopic (exact) mass is 676 g/mol. The van der Waals surface area contributed by atoms with Crippen molar-refractivity contribution < 1.29 is 38.2 Å². The molecule has 1 aliphatic rings. The lowest BCUT2D eigenvalue weighted by Gasteiger charge is -2.36. The molecule has 0 bridgehead atoms. The highest BCUT2D eigenvalue weighted by atomic mass is 16.6. The Labute approximate surface area is 284 Å². The van der Waals surface area contributed by atoms with Crippen LogP contribution in [0.5, 0.6) is 0 Å². The van der Waals surface area contributed by atoms with Crippen LogP contribution in [-0.2, 0) is 35.0 Å². The number of ether oxygens (including phenoxy) is 3. The van der Waals surface area contributed by atoms with E-state index < -0.39 is 54.2 Å². The van der Waals surface area contributed by atoms with Crippen LogP contribution in [-0.4, -0.2) is 100 Å². The number of carbonyl (C=O) groups excluding carboxylic acids is 5. The molecule has 0 spiro atoms. The van der Waals surface area contributed by atoms with Crippen LogP contribution in [0.3, 0.4) is 0 Å². The van der Waals surface area contributed by atoms with Crippen molar-refractivity contribution in [3.8, 4) is 0 Å². The van der Waals surface area contributed by atoms with Crippen LogP contribution >= 0.6 is 0 Å². The fraction of sp³-hybridized carbons (Fsp3) is 0.676. The second kappa shape index (κ2) is 21.1. The summed E-state index contributed by atoms with van der Waals surface area (Å²) in [5.41, 5.74) is 3.87. The minimum atomic E-state index is -0.934. The average molecular weight is 677 g/mol. The standard InChI is InChI=1S/C34H56N6O8/c1-22(2)29(37-33(44)46-6)31(42)36-26(18-24-14-10-8-11-15-24)27(48-28(41)19-35-5)21-40(20-25-16-12-9-13-17-25)39-32(43)30(23(3)4)38-34(45)47-7/h8,10-11,14-15,22-23,25-27,29-30,35H,9,12-13,16-21H2,1-7H3,(H,36,42)(H,37,44)(H,38,45)(H,39,43). The molecule has 4 atom stereocenters. The van der Waals surface area contributed by atoms with E-state index in [1.54, 1.807) is 25.9 Å². The van der Waals surface area contributed by atoms with E-state index in [0.717, 1.165) is 37.7 Å².